The number of thiazole rings is 1. The largest absolute Gasteiger partial charge is 0.297 e. The van der Waals surface area contributed by atoms with Crippen LogP contribution >= 0.6 is 11.3 Å². The van der Waals surface area contributed by atoms with Gasteiger partial charge in [-0.3, -0.25) is 9.80 Å². The summed E-state index contributed by atoms with van der Waals surface area (Å²) in [5, 5.41) is 3.36. The van der Waals surface area contributed by atoms with E-state index < -0.39 is 0 Å². The number of aryl methyl sites for hydroxylation is 1. The summed E-state index contributed by atoms with van der Waals surface area (Å²) in [5.41, 5.74) is 5.02. The van der Waals surface area contributed by atoms with Gasteiger partial charge in [0.25, 0.3) is 0 Å². The lowest BCUT2D eigenvalue weighted by Crippen LogP contribution is -2.45. The van der Waals surface area contributed by atoms with Gasteiger partial charge in [-0.1, -0.05) is 66.7 Å². The van der Waals surface area contributed by atoms with Crippen molar-refractivity contribution in [2.24, 2.45) is 0 Å². The van der Waals surface area contributed by atoms with E-state index in [2.05, 4.69) is 88.9 Å². The van der Waals surface area contributed by atoms with E-state index in [1.54, 1.807) is 11.3 Å². The quantitative estimate of drug-likeness (QED) is 0.595. The predicted molar refractivity (Wildman–Crippen MR) is 119 cm³/mol. The Balaban J connectivity index is 1.26. The van der Waals surface area contributed by atoms with Crippen LogP contribution in [0.1, 0.15) is 16.8 Å². The van der Waals surface area contributed by atoms with Gasteiger partial charge in [0, 0.05) is 50.2 Å². The lowest BCUT2D eigenvalue weighted by molar-refractivity contribution is 0.136. The number of benzene rings is 2. The monoisotopic (exact) mass is 389 g/mol. The molecule has 0 radical (unpaired) electrons. The summed E-state index contributed by atoms with van der Waals surface area (Å²) >= 11 is 1.76. The van der Waals surface area contributed by atoms with E-state index in [0.717, 1.165) is 44.3 Å². The fourth-order valence-corrected chi connectivity index (χ4v) is 4.48. The highest BCUT2D eigenvalue weighted by Crippen LogP contribution is 2.27. The van der Waals surface area contributed by atoms with Gasteiger partial charge in [0.1, 0.15) is 5.01 Å². The van der Waals surface area contributed by atoms with Crippen LogP contribution in [0.2, 0.25) is 0 Å². The average Bonchev–Trinajstić information content (AvgIpc) is 3.19. The molecule has 0 amide bonds. The molecular formula is C24H27N3S. The van der Waals surface area contributed by atoms with Crippen LogP contribution < -0.4 is 0 Å². The molecule has 1 aromatic heterocycles. The average molecular weight is 390 g/mol. The third-order valence-electron chi connectivity index (χ3n) is 5.25. The Morgan fingerprint density at radius 3 is 2.43 bits per heavy atom. The van der Waals surface area contributed by atoms with Gasteiger partial charge in [-0.2, -0.15) is 0 Å². The van der Waals surface area contributed by atoms with Gasteiger partial charge in [-0.05, 0) is 18.1 Å². The molecule has 2 heterocycles. The second-order valence-electron chi connectivity index (χ2n) is 7.35. The Morgan fingerprint density at radius 2 is 1.64 bits per heavy atom. The molecule has 144 valence electrons. The molecule has 0 atom stereocenters. The lowest BCUT2D eigenvalue weighted by atomic mass is 10.1. The van der Waals surface area contributed by atoms with Gasteiger partial charge in [-0.15, -0.1) is 11.3 Å². The van der Waals surface area contributed by atoms with E-state index in [4.69, 9.17) is 4.98 Å². The van der Waals surface area contributed by atoms with Gasteiger partial charge < -0.3 is 0 Å². The SMILES string of the molecule is Cc1ccccc1-c1nc(CN2CCN(C/C=C/c3ccccc3)CC2)cs1. The second-order valence-corrected chi connectivity index (χ2v) is 8.21. The Labute approximate surface area is 172 Å². The molecule has 4 heteroatoms. The molecule has 0 bridgehead atoms. The van der Waals surface area contributed by atoms with Crippen LogP contribution in [0, 0.1) is 6.92 Å². The van der Waals surface area contributed by atoms with Crippen LogP contribution in [0.4, 0.5) is 0 Å². The van der Waals surface area contributed by atoms with Crippen molar-refractivity contribution in [3.05, 3.63) is 82.9 Å². The van der Waals surface area contributed by atoms with Crippen molar-refractivity contribution < 1.29 is 0 Å². The number of rotatable bonds is 6. The first-order valence-corrected chi connectivity index (χ1v) is 10.8. The summed E-state index contributed by atoms with van der Waals surface area (Å²) in [6.45, 7) is 8.59. The van der Waals surface area contributed by atoms with Crippen molar-refractivity contribution >= 4 is 17.4 Å². The van der Waals surface area contributed by atoms with Crippen molar-refractivity contribution in [1.82, 2.24) is 14.8 Å². The van der Waals surface area contributed by atoms with Crippen LogP contribution in [-0.4, -0.2) is 47.5 Å². The van der Waals surface area contributed by atoms with Gasteiger partial charge in [-0.25, -0.2) is 4.98 Å². The van der Waals surface area contributed by atoms with E-state index in [0.29, 0.717) is 0 Å². The van der Waals surface area contributed by atoms with Crippen LogP contribution in [0.15, 0.2) is 66.1 Å². The number of aromatic nitrogens is 1. The minimum absolute atomic E-state index is 0.954. The summed E-state index contributed by atoms with van der Waals surface area (Å²) in [6.07, 6.45) is 4.49. The van der Waals surface area contributed by atoms with Crippen LogP contribution in [0.3, 0.4) is 0 Å². The summed E-state index contributed by atoms with van der Waals surface area (Å²) in [6, 6.07) is 19.0. The van der Waals surface area contributed by atoms with Gasteiger partial charge in [0.2, 0.25) is 0 Å². The maximum Gasteiger partial charge on any atom is 0.123 e. The fraction of sp³-hybridized carbons (Fsp3) is 0.292. The van der Waals surface area contributed by atoms with Gasteiger partial charge >= 0.3 is 0 Å². The highest BCUT2D eigenvalue weighted by molar-refractivity contribution is 7.13. The molecule has 2 aromatic carbocycles. The van der Waals surface area contributed by atoms with Crippen molar-refractivity contribution in [2.45, 2.75) is 13.5 Å². The Morgan fingerprint density at radius 1 is 0.929 bits per heavy atom. The zero-order valence-electron chi connectivity index (χ0n) is 16.4. The van der Waals surface area contributed by atoms with E-state index in [1.807, 2.05) is 0 Å². The molecule has 1 aliphatic heterocycles. The Bertz CT molecular complexity index is 908. The second kappa shape index (κ2) is 9.28. The predicted octanol–water partition coefficient (Wildman–Crippen LogP) is 4.95. The van der Waals surface area contributed by atoms with Crippen LogP contribution in [0.5, 0.6) is 0 Å². The van der Waals surface area contributed by atoms with Crippen molar-refractivity contribution in [2.75, 3.05) is 32.7 Å². The normalized spacial score (nSPS) is 16.0. The number of hydrogen-bond acceptors (Lipinski definition) is 4. The molecular weight excluding hydrogens is 362 g/mol. The summed E-state index contributed by atoms with van der Waals surface area (Å²) in [5.74, 6) is 0. The molecule has 3 nitrogen and oxygen atoms in total. The molecule has 1 aliphatic rings. The van der Waals surface area contributed by atoms with Crippen molar-refractivity contribution in [3.63, 3.8) is 0 Å². The fourth-order valence-electron chi connectivity index (χ4n) is 3.58. The van der Waals surface area contributed by atoms with Crippen molar-refractivity contribution in [3.8, 4) is 10.6 Å². The maximum absolute atomic E-state index is 4.89. The van der Waals surface area contributed by atoms with E-state index in [-0.39, 0.29) is 0 Å². The first-order chi connectivity index (χ1) is 13.8. The highest BCUT2D eigenvalue weighted by Gasteiger charge is 2.17. The third kappa shape index (κ3) is 4.96. The van der Waals surface area contributed by atoms with E-state index >= 15 is 0 Å². The molecule has 0 N–H and O–H groups in total. The summed E-state index contributed by atoms with van der Waals surface area (Å²) in [4.78, 5) is 9.94. The smallest absolute Gasteiger partial charge is 0.123 e. The van der Waals surface area contributed by atoms with Gasteiger partial charge in [0.05, 0.1) is 5.69 Å². The minimum atomic E-state index is 0.954. The Kier molecular flexibility index (Phi) is 6.32. The molecule has 0 saturated carbocycles. The van der Waals surface area contributed by atoms with Crippen LogP contribution in [0.25, 0.3) is 16.6 Å². The molecule has 0 aliphatic carbocycles. The third-order valence-corrected chi connectivity index (χ3v) is 6.18. The zero-order chi connectivity index (χ0) is 19.2. The molecule has 4 rings (SSSR count). The zero-order valence-corrected chi connectivity index (χ0v) is 17.2. The maximum atomic E-state index is 4.89. The van der Waals surface area contributed by atoms with Crippen LogP contribution in [-0.2, 0) is 6.54 Å². The minimum Gasteiger partial charge on any atom is -0.297 e. The molecule has 0 unspecified atom stereocenters. The highest BCUT2D eigenvalue weighted by atomic mass is 32.1. The van der Waals surface area contributed by atoms with E-state index in [1.165, 1.54) is 22.4 Å². The molecule has 0 spiro atoms. The first-order valence-electron chi connectivity index (χ1n) is 9.94. The first kappa shape index (κ1) is 19.1. The van der Waals surface area contributed by atoms with E-state index in [9.17, 15) is 0 Å². The topological polar surface area (TPSA) is 19.4 Å². The number of nitrogens with zero attached hydrogens (tertiary/aromatic N) is 3. The number of piperazine rings is 1. The number of hydrogen-bond donors (Lipinski definition) is 0. The molecule has 3 aromatic rings. The van der Waals surface area contributed by atoms with Crippen molar-refractivity contribution in [1.29, 1.82) is 0 Å². The molecule has 28 heavy (non-hydrogen) atoms. The Hall–Kier alpha value is -2.27. The molecule has 1 fully saturated rings. The molecule has 1 saturated heterocycles. The lowest BCUT2D eigenvalue weighted by Gasteiger charge is -2.33. The summed E-state index contributed by atoms with van der Waals surface area (Å²) in [7, 11) is 0. The summed E-state index contributed by atoms with van der Waals surface area (Å²) < 4.78 is 0. The van der Waals surface area contributed by atoms with Gasteiger partial charge in [0.15, 0.2) is 0 Å². The standard InChI is InChI=1S/C24H27N3S/c1-20-8-5-6-12-23(20)24-25-22(19-28-24)18-27-16-14-26(15-17-27)13-7-11-21-9-3-2-4-10-21/h2-12,19H,13-18H2,1H3/b11-7+.